The molecule has 8 heteroatoms. The molecule has 4 nitrogen and oxygen atoms in total. The second kappa shape index (κ2) is 7.23. The van der Waals surface area contributed by atoms with Crippen molar-refractivity contribution in [1.29, 1.82) is 0 Å². The highest BCUT2D eigenvalue weighted by Crippen LogP contribution is 2.20. The van der Waals surface area contributed by atoms with Crippen LogP contribution in [0.2, 0.25) is 0 Å². The SMILES string of the molecule is Cc1ccc(OCCNS(=O)(=O)c2ccc(F)c(F)c2F)c(C)c1. The third-order valence-corrected chi connectivity index (χ3v) is 4.75. The Morgan fingerprint density at radius 3 is 2.42 bits per heavy atom. The molecule has 0 saturated heterocycles. The smallest absolute Gasteiger partial charge is 0.243 e. The number of ether oxygens (including phenoxy) is 1. The Labute approximate surface area is 138 Å². The first-order chi connectivity index (χ1) is 11.2. The Hall–Kier alpha value is -2.06. The van der Waals surface area contributed by atoms with Crippen molar-refractivity contribution in [3.05, 3.63) is 58.9 Å². The van der Waals surface area contributed by atoms with Crippen LogP contribution in [-0.2, 0) is 10.0 Å². The van der Waals surface area contributed by atoms with E-state index in [0.717, 1.165) is 11.1 Å². The van der Waals surface area contributed by atoms with E-state index in [9.17, 15) is 21.6 Å². The van der Waals surface area contributed by atoms with Crippen LogP contribution in [0.1, 0.15) is 11.1 Å². The molecule has 1 N–H and O–H groups in total. The summed E-state index contributed by atoms with van der Waals surface area (Å²) >= 11 is 0. The van der Waals surface area contributed by atoms with Gasteiger partial charge in [0.15, 0.2) is 17.5 Å². The largest absolute Gasteiger partial charge is 0.492 e. The van der Waals surface area contributed by atoms with E-state index in [1.165, 1.54) is 0 Å². The molecule has 0 atom stereocenters. The highest BCUT2D eigenvalue weighted by atomic mass is 32.2. The van der Waals surface area contributed by atoms with E-state index in [0.29, 0.717) is 17.9 Å². The van der Waals surface area contributed by atoms with Crippen LogP contribution in [0.5, 0.6) is 5.75 Å². The third-order valence-electron chi connectivity index (χ3n) is 3.27. The summed E-state index contributed by atoms with van der Waals surface area (Å²) in [7, 11) is -4.31. The highest BCUT2D eigenvalue weighted by molar-refractivity contribution is 7.89. The van der Waals surface area contributed by atoms with Crippen LogP contribution in [0.4, 0.5) is 13.2 Å². The molecule has 0 aromatic heterocycles. The van der Waals surface area contributed by atoms with Crippen LogP contribution < -0.4 is 9.46 Å². The van der Waals surface area contributed by atoms with E-state index in [4.69, 9.17) is 4.74 Å². The number of hydrogen-bond donors (Lipinski definition) is 1. The molecule has 2 aromatic rings. The van der Waals surface area contributed by atoms with Crippen LogP contribution in [0.25, 0.3) is 0 Å². The minimum absolute atomic E-state index is 0.00553. The Balaban J connectivity index is 2.00. The van der Waals surface area contributed by atoms with Gasteiger partial charge in [-0.3, -0.25) is 0 Å². The summed E-state index contributed by atoms with van der Waals surface area (Å²) in [6, 6.07) is 6.74. The minimum Gasteiger partial charge on any atom is -0.492 e. The summed E-state index contributed by atoms with van der Waals surface area (Å²) in [4.78, 5) is -0.951. The van der Waals surface area contributed by atoms with Crippen molar-refractivity contribution in [1.82, 2.24) is 4.72 Å². The number of rotatable bonds is 6. The standard InChI is InChI=1S/C16H16F3NO3S/c1-10-3-5-13(11(2)9-10)23-8-7-20-24(21,22)14-6-4-12(17)15(18)16(14)19/h3-6,9,20H,7-8H2,1-2H3. The second-order valence-corrected chi connectivity index (χ2v) is 6.92. The first-order valence-electron chi connectivity index (χ1n) is 7.05. The maximum absolute atomic E-state index is 13.6. The van der Waals surface area contributed by atoms with Gasteiger partial charge in [0.2, 0.25) is 10.0 Å². The molecule has 2 aromatic carbocycles. The fourth-order valence-electron chi connectivity index (χ4n) is 2.09. The van der Waals surface area contributed by atoms with Crippen LogP contribution >= 0.6 is 0 Å². The van der Waals surface area contributed by atoms with Gasteiger partial charge < -0.3 is 4.74 Å². The Bertz CT molecular complexity index is 854. The molecular weight excluding hydrogens is 343 g/mol. The van der Waals surface area contributed by atoms with Crippen molar-refractivity contribution < 1.29 is 26.3 Å². The molecule has 0 aliphatic carbocycles. The molecule has 0 amide bonds. The van der Waals surface area contributed by atoms with Gasteiger partial charge in [-0.05, 0) is 37.6 Å². The van der Waals surface area contributed by atoms with Crippen molar-refractivity contribution in [3.63, 3.8) is 0 Å². The Kier molecular flexibility index (Phi) is 5.51. The second-order valence-electron chi connectivity index (χ2n) is 5.19. The van der Waals surface area contributed by atoms with Crippen molar-refractivity contribution in [2.45, 2.75) is 18.7 Å². The fraction of sp³-hybridized carbons (Fsp3) is 0.250. The van der Waals surface area contributed by atoms with Gasteiger partial charge in [0, 0.05) is 6.54 Å². The van der Waals surface area contributed by atoms with Crippen LogP contribution in [0.15, 0.2) is 35.2 Å². The summed E-state index contributed by atoms with van der Waals surface area (Å²) in [5.41, 5.74) is 1.96. The lowest BCUT2D eigenvalue weighted by Crippen LogP contribution is -2.29. The normalized spacial score (nSPS) is 11.5. The Morgan fingerprint density at radius 1 is 1.04 bits per heavy atom. The number of sulfonamides is 1. The third kappa shape index (κ3) is 4.07. The predicted octanol–water partition coefficient (Wildman–Crippen LogP) is 3.08. The van der Waals surface area contributed by atoms with Gasteiger partial charge in [0.1, 0.15) is 17.3 Å². The maximum atomic E-state index is 13.6. The summed E-state index contributed by atoms with van der Waals surface area (Å²) in [6.45, 7) is 3.62. The van der Waals surface area contributed by atoms with E-state index in [2.05, 4.69) is 4.72 Å². The average molecular weight is 359 g/mol. The number of aryl methyl sites for hydroxylation is 2. The molecule has 0 spiro atoms. The van der Waals surface area contributed by atoms with Crippen LogP contribution in [0, 0.1) is 31.3 Å². The molecule has 2 rings (SSSR count). The summed E-state index contributed by atoms with van der Waals surface area (Å²) in [5, 5.41) is 0. The first-order valence-corrected chi connectivity index (χ1v) is 8.54. The fourth-order valence-corrected chi connectivity index (χ4v) is 3.17. The molecule has 130 valence electrons. The predicted molar refractivity (Wildman–Crippen MR) is 82.9 cm³/mol. The lowest BCUT2D eigenvalue weighted by molar-refractivity contribution is 0.320. The maximum Gasteiger partial charge on any atom is 0.243 e. The van der Waals surface area contributed by atoms with Gasteiger partial charge in [-0.15, -0.1) is 0 Å². The molecule has 0 bridgehead atoms. The first kappa shape index (κ1) is 18.3. The Morgan fingerprint density at radius 2 is 1.75 bits per heavy atom. The highest BCUT2D eigenvalue weighted by Gasteiger charge is 2.23. The molecule has 0 aliphatic rings. The van der Waals surface area contributed by atoms with Crippen molar-refractivity contribution >= 4 is 10.0 Å². The lowest BCUT2D eigenvalue weighted by atomic mass is 10.1. The van der Waals surface area contributed by atoms with Gasteiger partial charge >= 0.3 is 0 Å². The molecule has 24 heavy (non-hydrogen) atoms. The molecule has 0 saturated carbocycles. The van der Waals surface area contributed by atoms with Crippen LogP contribution in [-0.4, -0.2) is 21.6 Å². The van der Waals surface area contributed by atoms with Crippen molar-refractivity contribution in [3.8, 4) is 5.75 Å². The molecule has 0 unspecified atom stereocenters. The lowest BCUT2D eigenvalue weighted by Gasteiger charge is -2.11. The van der Waals surface area contributed by atoms with Gasteiger partial charge in [-0.1, -0.05) is 17.7 Å². The monoisotopic (exact) mass is 359 g/mol. The molecule has 0 radical (unpaired) electrons. The zero-order valence-corrected chi connectivity index (χ0v) is 13.9. The van der Waals surface area contributed by atoms with E-state index in [-0.39, 0.29) is 13.2 Å². The summed E-state index contributed by atoms with van der Waals surface area (Å²) < 4.78 is 71.0. The van der Waals surface area contributed by atoms with Crippen LogP contribution in [0.3, 0.4) is 0 Å². The van der Waals surface area contributed by atoms with E-state index >= 15 is 0 Å². The van der Waals surface area contributed by atoms with Gasteiger partial charge in [-0.2, -0.15) is 0 Å². The summed E-state index contributed by atoms with van der Waals surface area (Å²) in [6.07, 6.45) is 0. The number of hydrogen-bond acceptors (Lipinski definition) is 3. The molecule has 0 aliphatic heterocycles. The van der Waals surface area contributed by atoms with Gasteiger partial charge in [0.05, 0.1) is 0 Å². The van der Waals surface area contributed by atoms with Crippen molar-refractivity contribution in [2.75, 3.05) is 13.2 Å². The summed E-state index contributed by atoms with van der Waals surface area (Å²) in [5.74, 6) is -4.44. The topological polar surface area (TPSA) is 55.4 Å². The van der Waals surface area contributed by atoms with E-state index < -0.39 is 32.4 Å². The van der Waals surface area contributed by atoms with Gasteiger partial charge in [-0.25, -0.2) is 26.3 Å². The van der Waals surface area contributed by atoms with Gasteiger partial charge in [0.25, 0.3) is 0 Å². The van der Waals surface area contributed by atoms with E-state index in [1.807, 2.05) is 26.0 Å². The molecular formula is C16H16F3NO3S. The van der Waals surface area contributed by atoms with E-state index in [1.54, 1.807) is 6.07 Å². The number of benzene rings is 2. The quantitative estimate of drug-likeness (QED) is 0.637. The zero-order valence-electron chi connectivity index (χ0n) is 13.1. The molecule has 0 fully saturated rings. The zero-order chi connectivity index (χ0) is 17.9. The van der Waals surface area contributed by atoms with Crippen molar-refractivity contribution in [2.24, 2.45) is 0 Å². The minimum atomic E-state index is -4.31. The average Bonchev–Trinajstić information content (AvgIpc) is 2.50. The number of nitrogens with one attached hydrogen (secondary N) is 1. The number of halogens is 3. The molecule has 0 heterocycles.